The molecule has 1 aromatic rings. The average molecular weight is 274 g/mol. The lowest BCUT2D eigenvalue weighted by Crippen LogP contribution is -2.28. The SMILES string of the molecule is COC(=O)C1=C[C@@H](OC(=O)c2ccccc2)[C@@H]2O[C@@H]2C1. The minimum atomic E-state index is -0.532. The van der Waals surface area contributed by atoms with E-state index in [4.69, 9.17) is 14.2 Å². The van der Waals surface area contributed by atoms with Crippen molar-refractivity contribution < 1.29 is 23.8 Å². The molecule has 0 amide bonds. The van der Waals surface area contributed by atoms with Gasteiger partial charge in [0.25, 0.3) is 0 Å². The van der Waals surface area contributed by atoms with Crippen LogP contribution < -0.4 is 0 Å². The maximum absolute atomic E-state index is 12.0. The molecule has 2 aliphatic rings. The first-order chi connectivity index (χ1) is 9.69. The van der Waals surface area contributed by atoms with Crippen molar-refractivity contribution in [2.75, 3.05) is 7.11 Å². The van der Waals surface area contributed by atoms with Crippen LogP contribution in [0.15, 0.2) is 42.0 Å². The van der Waals surface area contributed by atoms with Crippen molar-refractivity contribution in [1.82, 2.24) is 0 Å². The molecule has 1 aliphatic carbocycles. The number of esters is 2. The molecule has 0 saturated carbocycles. The van der Waals surface area contributed by atoms with E-state index in [9.17, 15) is 9.59 Å². The predicted octanol–water partition coefficient (Wildman–Crippen LogP) is 1.48. The molecule has 0 unspecified atom stereocenters. The Morgan fingerprint density at radius 3 is 2.65 bits per heavy atom. The van der Waals surface area contributed by atoms with E-state index in [2.05, 4.69) is 0 Å². The van der Waals surface area contributed by atoms with Crippen LogP contribution in [0.25, 0.3) is 0 Å². The second-order valence-corrected chi connectivity index (χ2v) is 4.76. The third-order valence-electron chi connectivity index (χ3n) is 3.43. The number of fused-ring (bicyclic) bond motifs is 1. The van der Waals surface area contributed by atoms with E-state index in [1.165, 1.54) is 7.11 Å². The second kappa shape index (κ2) is 5.09. The topological polar surface area (TPSA) is 65.1 Å². The summed E-state index contributed by atoms with van der Waals surface area (Å²) in [6.07, 6.45) is 1.41. The summed E-state index contributed by atoms with van der Waals surface area (Å²) < 4.78 is 15.5. The van der Waals surface area contributed by atoms with Crippen LogP contribution in [0.5, 0.6) is 0 Å². The lowest BCUT2D eigenvalue weighted by Gasteiger charge is -2.17. The Balaban J connectivity index is 1.73. The van der Waals surface area contributed by atoms with Crippen LogP contribution in [0.3, 0.4) is 0 Å². The van der Waals surface area contributed by atoms with Gasteiger partial charge in [-0.25, -0.2) is 9.59 Å². The van der Waals surface area contributed by atoms with Crippen LogP contribution in [0.2, 0.25) is 0 Å². The molecule has 20 heavy (non-hydrogen) atoms. The minimum Gasteiger partial charge on any atom is -0.466 e. The normalized spacial score (nSPS) is 27.1. The zero-order valence-corrected chi connectivity index (χ0v) is 10.9. The standard InChI is InChI=1S/C15H14O5/c1-18-14(16)10-7-11-13(19-11)12(8-10)20-15(17)9-5-3-2-4-6-9/h2-6,8,11-13H,7H2,1H3/t11-,12-,13-/m1/s1. The number of ether oxygens (including phenoxy) is 3. The van der Waals surface area contributed by atoms with E-state index in [0.29, 0.717) is 17.6 Å². The molecule has 0 aromatic heterocycles. The van der Waals surface area contributed by atoms with Gasteiger partial charge in [0.05, 0.1) is 18.8 Å². The molecule has 1 aliphatic heterocycles. The van der Waals surface area contributed by atoms with Gasteiger partial charge in [-0.2, -0.15) is 0 Å². The fourth-order valence-corrected chi connectivity index (χ4v) is 2.34. The summed E-state index contributed by atoms with van der Waals surface area (Å²) in [5.74, 6) is -0.827. The third kappa shape index (κ3) is 2.44. The van der Waals surface area contributed by atoms with Crippen LogP contribution in [-0.2, 0) is 19.0 Å². The lowest BCUT2D eigenvalue weighted by atomic mass is 9.97. The maximum atomic E-state index is 12.0. The zero-order valence-electron chi connectivity index (χ0n) is 10.9. The molecule has 1 aromatic carbocycles. The van der Waals surface area contributed by atoms with Gasteiger partial charge in [-0.15, -0.1) is 0 Å². The first kappa shape index (κ1) is 12.9. The van der Waals surface area contributed by atoms with E-state index in [0.717, 1.165) is 0 Å². The van der Waals surface area contributed by atoms with Gasteiger partial charge in [-0.05, 0) is 18.2 Å². The molecule has 5 nitrogen and oxygen atoms in total. The van der Waals surface area contributed by atoms with E-state index in [1.54, 1.807) is 30.3 Å². The monoisotopic (exact) mass is 274 g/mol. The summed E-state index contributed by atoms with van der Waals surface area (Å²) in [5.41, 5.74) is 0.973. The predicted molar refractivity (Wildman–Crippen MR) is 69.0 cm³/mol. The Bertz CT molecular complexity index is 563. The van der Waals surface area contributed by atoms with E-state index >= 15 is 0 Å². The van der Waals surface area contributed by atoms with Gasteiger partial charge in [-0.3, -0.25) is 0 Å². The van der Waals surface area contributed by atoms with Crippen molar-refractivity contribution in [2.24, 2.45) is 0 Å². The number of hydrogen-bond donors (Lipinski definition) is 0. The molecule has 0 bridgehead atoms. The van der Waals surface area contributed by atoms with Crippen molar-refractivity contribution in [1.29, 1.82) is 0 Å². The summed E-state index contributed by atoms with van der Waals surface area (Å²) in [7, 11) is 1.33. The molecular weight excluding hydrogens is 260 g/mol. The van der Waals surface area contributed by atoms with Gasteiger partial charge in [-0.1, -0.05) is 18.2 Å². The second-order valence-electron chi connectivity index (χ2n) is 4.76. The number of carbonyl (C=O) groups excluding carboxylic acids is 2. The average Bonchev–Trinajstić information content (AvgIpc) is 3.27. The van der Waals surface area contributed by atoms with Crippen LogP contribution in [0.4, 0.5) is 0 Å². The van der Waals surface area contributed by atoms with Gasteiger partial charge in [0, 0.05) is 12.0 Å². The number of benzene rings is 1. The van der Waals surface area contributed by atoms with Crippen molar-refractivity contribution in [2.45, 2.75) is 24.7 Å². The quantitative estimate of drug-likeness (QED) is 0.617. The van der Waals surface area contributed by atoms with Crippen LogP contribution in [-0.4, -0.2) is 37.4 Å². The summed E-state index contributed by atoms with van der Waals surface area (Å²) in [6, 6.07) is 8.72. The Hall–Kier alpha value is -2.14. The molecule has 0 radical (unpaired) electrons. The van der Waals surface area contributed by atoms with E-state index in [1.807, 2.05) is 6.07 Å². The van der Waals surface area contributed by atoms with E-state index in [-0.39, 0.29) is 12.2 Å². The van der Waals surface area contributed by atoms with E-state index < -0.39 is 18.0 Å². The molecule has 1 saturated heterocycles. The number of rotatable bonds is 3. The van der Waals surface area contributed by atoms with Gasteiger partial charge in [0.1, 0.15) is 12.2 Å². The van der Waals surface area contributed by atoms with Gasteiger partial charge >= 0.3 is 11.9 Å². The molecule has 1 fully saturated rings. The maximum Gasteiger partial charge on any atom is 0.338 e. The molecular formula is C15H14O5. The van der Waals surface area contributed by atoms with Crippen LogP contribution in [0.1, 0.15) is 16.8 Å². The molecule has 3 atom stereocenters. The van der Waals surface area contributed by atoms with Gasteiger partial charge < -0.3 is 14.2 Å². The van der Waals surface area contributed by atoms with Crippen molar-refractivity contribution >= 4 is 11.9 Å². The fourth-order valence-electron chi connectivity index (χ4n) is 2.34. The number of hydrogen-bond acceptors (Lipinski definition) is 5. The molecule has 104 valence electrons. The summed E-state index contributed by atoms with van der Waals surface area (Å²) in [6.45, 7) is 0. The highest BCUT2D eigenvalue weighted by atomic mass is 16.6. The highest BCUT2D eigenvalue weighted by Gasteiger charge is 2.50. The number of epoxide rings is 1. The largest absolute Gasteiger partial charge is 0.466 e. The summed E-state index contributed by atoms with van der Waals surface area (Å²) >= 11 is 0. The van der Waals surface area contributed by atoms with Gasteiger partial charge in [0.2, 0.25) is 0 Å². The first-order valence-corrected chi connectivity index (χ1v) is 6.39. The van der Waals surface area contributed by atoms with Crippen LogP contribution in [0, 0.1) is 0 Å². The Morgan fingerprint density at radius 2 is 1.95 bits per heavy atom. The summed E-state index contributed by atoms with van der Waals surface area (Å²) in [4.78, 5) is 23.5. The lowest BCUT2D eigenvalue weighted by molar-refractivity contribution is -0.136. The fraction of sp³-hybridized carbons (Fsp3) is 0.333. The highest BCUT2D eigenvalue weighted by molar-refractivity contribution is 5.91. The smallest absolute Gasteiger partial charge is 0.338 e. The molecule has 3 rings (SSSR count). The van der Waals surface area contributed by atoms with Gasteiger partial charge in [0.15, 0.2) is 0 Å². The Kier molecular flexibility index (Phi) is 3.28. The highest BCUT2D eigenvalue weighted by Crippen LogP contribution is 2.38. The third-order valence-corrected chi connectivity index (χ3v) is 3.43. The molecule has 1 heterocycles. The van der Waals surface area contributed by atoms with Crippen LogP contribution >= 0.6 is 0 Å². The van der Waals surface area contributed by atoms with Crippen molar-refractivity contribution in [3.63, 3.8) is 0 Å². The zero-order chi connectivity index (χ0) is 14.1. The Morgan fingerprint density at radius 1 is 1.20 bits per heavy atom. The molecule has 5 heteroatoms. The molecule has 0 spiro atoms. The van der Waals surface area contributed by atoms with Crippen molar-refractivity contribution in [3.8, 4) is 0 Å². The minimum absolute atomic E-state index is 0.0531. The Labute approximate surface area is 116 Å². The first-order valence-electron chi connectivity index (χ1n) is 6.39. The van der Waals surface area contributed by atoms with Crippen molar-refractivity contribution in [3.05, 3.63) is 47.5 Å². The molecule has 0 N–H and O–H groups in total. The number of methoxy groups -OCH3 is 1. The number of carbonyl (C=O) groups is 2. The summed E-state index contributed by atoms with van der Waals surface area (Å²) in [5, 5.41) is 0.